The normalized spacial score (nSPS) is 18.1. The topological polar surface area (TPSA) is 61.8 Å². The smallest absolute Gasteiger partial charge is 0.0739 e. The zero-order valence-corrected chi connectivity index (χ0v) is 28.9. The van der Waals surface area contributed by atoms with Crippen LogP contribution in [0.4, 0.5) is 5.69 Å². The van der Waals surface area contributed by atoms with Crippen LogP contribution in [-0.4, -0.2) is 28.0 Å². The van der Waals surface area contributed by atoms with Crippen molar-refractivity contribution in [2.24, 2.45) is 30.9 Å². The Labute approximate surface area is 294 Å². The van der Waals surface area contributed by atoms with E-state index in [1.807, 2.05) is 24.3 Å². The summed E-state index contributed by atoms with van der Waals surface area (Å²) in [6.45, 7) is 4.54. The number of benzene rings is 2. The number of hydrogen-bond acceptors (Lipinski definition) is 6. The SMILES string of the molecule is CCCCCC(CCCC)C1=C2C=CC(=N2)C(c2ccccc2)=C2C=CC(=N2)C=C2C=CC(=N2)C(c2ccc(N=C=S)cc2)=C2C=CC1=N2. The van der Waals surface area contributed by atoms with Crippen molar-refractivity contribution in [1.29, 1.82) is 0 Å². The third kappa shape index (κ3) is 7.03. The summed E-state index contributed by atoms with van der Waals surface area (Å²) in [5.41, 5.74) is 13.3. The van der Waals surface area contributed by atoms with Crippen molar-refractivity contribution in [3.63, 3.8) is 0 Å². The van der Waals surface area contributed by atoms with Gasteiger partial charge in [0.1, 0.15) is 0 Å². The van der Waals surface area contributed by atoms with Gasteiger partial charge >= 0.3 is 0 Å². The maximum absolute atomic E-state index is 5.41. The maximum Gasteiger partial charge on any atom is 0.0739 e. The predicted octanol–water partition coefficient (Wildman–Crippen LogP) is 11.1. The highest BCUT2D eigenvalue weighted by molar-refractivity contribution is 7.78. The Morgan fingerprint density at radius 3 is 2.02 bits per heavy atom. The van der Waals surface area contributed by atoms with Crippen LogP contribution in [0, 0.1) is 5.92 Å². The molecule has 0 N–H and O–H groups in total. The molecule has 5 heterocycles. The fourth-order valence-corrected chi connectivity index (χ4v) is 7.04. The van der Waals surface area contributed by atoms with Crippen molar-refractivity contribution < 1.29 is 0 Å². The first kappa shape index (κ1) is 32.4. The maximum atomic E-state index is 5.41. The van der Waals surface area contributed by atoms with Gasteiger partial charge in [-0.15, -0.1) is 0 Å². The summed E-state index contributed by atoms with van der Waals surface area (Å²) in [6.07, 6.45) is 27.1. The molecule has 0 saturated heterocycles. The van der Waals surface area contributed by atoms with E-state index < -0.39 is 0 Å². The van der Waals surface area contributed by atoms with Crippen molar-refractivity contribution in [3.8, 4) is 0 Å². The van der Waals surface area contributed by atoms with E-state index in [1.54, 1.807) is 0 Å². The number of unbranched alkanes of at least 4 members (excludes halogenated alkanes) is 3. The summed E-state index contributed by atoms with van der Waals surface area (Å²) in [7, 11) is 0. The van der Waals surface area contributed by atoms with Crippen LogP contribution in [0.1, 0.15) is 69.9 Å². The summed E-state index contributed by atoms with van der Waals surface area (Å²) in [5, 5.41) is 2.47. The van der Waals surface area contributed by atoms with Gasteiger partial charge in [0, 0.05) is 16.7 Å². The third-order valence-corrected chi connectivity index (χ3v) is 9.43. The number of thiocarbonyl (C=S) groups is 1. The van der Waals surface area contributed by atoms with Gasteiger partial charge in [0.2, 0.25) is 0 Å². The minimum Gasteiger partial charge on any atom is -0.248 e. The first-order valence-corrected chi connectivity index (χ1v) is 17.8. The van der Waals surface area contributed by atoms with Gasteiger partial charge in [-0.3, -0.25) is 0 Å². The van der Waals surface area contributed by atoms with Gasteiger partial charge in [0.05, 0.1) is 56.5 Å². The Morgan fingerprint density at radius 1 is 0.612 bits per heavy atom. The quantitative estimate of drug-likeness (QED) is 0.135. The molecule has 0 saturated carbocycles. The highest BCUT2D eigenvalue weighted by Crippen LogP contribution is 2.38. The summed E-state index contributed by atoms with van der Waals surface area (Å²) in [4.78, 5) is 25.2. The average molecular weight is 658 g/mol. The lowest BCUT2D eigenvalue weighted by atomic mass is 9.84. The van der Waals surface area contributed by atoms with Crippen LogP contribution in [0.25, 0.3) is 11.1 Å². The minimum absolute atomic E-state index is 0.341. The standard InChI is InChI=1S/C43H39N5S/c1-3-5-8-12-29(11-6-4-2)42-38-24-23-37(47-38)41(30-13-9-7-10-14-30)35-21-19-33(45-35)27-34-20-22-36(46-34)43(40-26-25-39(42)48-40)31-15-17-32(18-16-31)44-28-49/h7,9-10,13-27,29H,3-6,8,11-12H2,1-2H3. The number of aliphatic imine (C=N–C) groups is 5. The molecule has 5 aliphatic heterocycles. The molecule has 2 aromatic rings. The van der Waals surface area contributed by atoms with Crippen LogP contribution in [0.5, 0.6) is 0 Å². The van der Waals surface area contributed by atoms with Crippen LogP contribution >= 0.6 is 12.2 Å². The number of isothiocyanates is 1. The molecule has 0 aromatic heterocycles. The Balaban J connectivity index is 1.47. The van der Waals surface area contributed by atoms with Gasteiger partial charge in [0.25, 0.3) is 0 Å². The van der Waals surface area contributed by atoms with Crippen molar-refractivity contribution >= 4 is 57.1 Å². The molecule has 1 atom stereocenters. The van der Waals surface area contributed by atoms with E-state index in [2.05, 4.69) is 109 Å². The van der Waals surface area contributed by atoms with E-state index in [1.165, 1.54) is 24.8 Å². The number of rotatable bonds is 11. The van der Waals surface area contributed by atoms with Crippen LogP contribution in [-0.2, 0) is 0 Å². The molecule has 0 radical (unpaired) electrons. The average Bonchev–Trinajstić information content (AvgIpc) is 3.96. The monoisotopic (exact) mass is 657 g/mol. The van der Waals surface area contributed by atoms with Crippen molar-refractivity contribution in [2.75, 3.05) is 0 Å². The van der Waals surface area contributed by atoms with Crippen LogP contribution in [0.15, 0.2) is 163 Å². The highest BCUT2D eigenvalue weighted by atomic mass is 32.1. The van der Waals surface area contributed by atoms with Gasteiger partial charge in [-0.05, 0) is 109 Å². The summed E-state index contributed by atoms with van der Waals surface area (Å²) >= 11 is 4.85. The van der Waals surface area contributed by atoms with Crippen molar-refractivity contribution in [2.45, 2.75) is 58.8 Å². The molecule has 49 heavy (non-hydrogen) atoms. The zero-order chi connectivity index (χ0) is 33.6. The lowest BCUT2D eigenvalue weighted by Crippen LogP contribution is -2.14. The molecule has 0 spiro atoms. The van der Waals surface area contributed by atoms with Gasteiger partial charge < -0.3 is 0 Å². The molecule has 0 amide bonds. The second-order valence-corrected chi connectivity index (χ2v) is 12.9. The second kappa shape index (κ2) is 14.9. The number of fused-ring (bicyclic) bond motifs is 4. The van der Waals surface area contributed by atoms with Gasteiger partial charge in [0.15, 0.2) is 0 Å². The first-order valence-electron chi connectivity index (χ1n) is 17.4. The van der Waals surface area contributed by atoms with E-state index in [-0.39, 0.29) is 0 Å². The van der Waals surface area contributed by atoms with Crippen molar-refractivity contribution in [1.82, 2.24) is 0 Å². The molecule has 0 fully saturated rings. The fourth-order valence-electron chi connectivity index (χ4n) is 6.94. The lowest BCUT2D eigenvalue weighted by molar-refractivity contribution is 0.477. The predicted molar refractivity (Wildman–Crippen MR) is 210 cm³/mol. The third-order valence-electron chi connectivity index (χ3n) is 9.34. The van der Waals surface area contributed by atoms with Gasteiger partial charge in [-0.2, -0.15) is 4.99 Å². The molecule has 6 heteroatoms. The Kier molecular flexibility index (Phi) is 9.88. The summed E-state index contributed by atoms with van der Waals surface area (Å²) in [6, 6.07) is 18.5. The minimum atomic E-state index is 0.341. The molecule has 7 rings (SSSR count). The molecular formula is C43H39N5S. The van der Waals surface area contributed by atoms with E-state index in [0.717, 1.165) is 99.3 Å². The van der Waals surface area contributed by atoms with E-state index in [9.17, 15) is 0 Å². The van der Waals surface area contributed by atoms with E-state index in [0.29, 0.717) is 5.92 Å². The van der Waals surface area contributed by atoms with Crippen LogP contribution in [0.2, 0.25) is 0 Å². The molecule has 8 bridgehead atoms. The fraction of sp³-hybridized carbons (Fsp3) is 0.233. The second-order valence-electron chi connectivity index (χ2n) is 12.7. The van der Waals surface area contributed by atoms with Gasteiger partial charge in [-0.25, -0.2) is 20.0 Å². The molecule has 5 aliphatic rings. The molecule has 242 valence electrons. The summed E-state index contributed by atoms with van der Waals surface area (Å²) in [5.74, 6) is 0.341. The van der Waals surface area contributed by atoms with Crippen LogP contribution < -0.4 is 0 Å². The van der Waals surface area contributed by atoms with E-state index in [4.69, 9.17) is 32.2 Å². The number of allylic oxidation sites excluding steroid dienone is 12. The zero-order valence-electron chi connectivity index (χ0n) is 28.1. The largest absolute Gasteiger partial charge is 0.248 e. The highest BCUT2D eigenvalue weighted by Gasteiger charge is 2.28. The van der Waals surface area contributed by atoms with Crippen LogP contribution in [0.3, 0.4) is 0 Å². The van der Waals surface area contributed by atoms with Gasteiger partial charge in [-0.1, -0.05) is 88.4 Å². The van der Waals surface area contributed by atoms with E-state index >= 15 is 0 Å². The Hall–Kier alpha value is -5.16. The molecule has 2 aromatic carbocycles. The number of nitrogens with zero attached hydrogens (tertiary/aromatic N) is 5. The van der Waals surface area contributed by atoms with Crippen molar-refractivity contribution in [3.05, 3.63) is 149 Å². The Bertz CT molecular complexity index is 2080. The molecule has 1 unspecified atom stereocenters. The first-order chi connectivity index (χ1) is 24.1. The number of hydrogen-bond donors (Lipinski definition) is 0. The molecule has 5 nitrogen and oxygen atoms in total. The lowest BCUT2D eigenvalue weighted by Gasteiger charge is -2.21. The molecular weight excluding hydrogens is 619 g/mol. The molecule has 0 aliphatic carbocycles. The Morgan fingerprint density at radius 2 is 1.24 bits per heavy atom. The summed E-state index contributed by atoms with van der Waals surface area (Å²) < 4.78 is 0.